The molecule has 0 spiro atoms. The fraction of sp³-hybridized carbons (Fsp3) is 0.368. The molecule has 0 saturated carbocycles. The number of hydrogen-bond acceptors (Lipinski definition) is 4. The zero-order valence-electron chi connectivity index (χ0n) is 14.4. The van der Waals surface area contributed by atoms with Crippen LogP contribution < -0.4 is 14.8 Å². The maximum Gasteiger partial charge on any atom is 0.131 e. The lowest BCUT2D eigenvalue weighted by Gasteiger charge is -2.36. The predicted molar refractivity (Wildman–Crippen MR) is 92.2 cm³/mol. The van der Waals surface area contributed by atoms with Gasteiger partial charge in [-0.1, -0.05) is 6.07 Å². The third-order valence-corrected chi connectivity index (χ3v) is 4.51. The highest BCUT2D eigenvalue weighted by Crippen LogP contribution is 2.38. The van der Waals surface area contributed by atoms with Crippen LogP contribution in [0.25, 0.3) is 0 Å². The molecule has 0 radical (unpaired) electrons. The SMILES string of the molecule is COc1ccc(C(c2ccc(F)cc2F)N2CCNCC2)c(OC)c1. The zero-order chi connectivity index (χ0) is 17.8. The van der Waals surface area contributed by atoms with E-state index in [0.29, 0.717) is 17.1 Å². The summed E-state index contributed by atoms with van der Waals surface area (Å²) >= 11 is 0. The van der Waals surface area contributed by atoms with Crippen LogP contribution in [0.3, 0.4) is 0 Å². The van der Waals surface area contributed by atoms with Crippen molar-refractivity contribution in [1.29, 1.82) is 0 Å². The van der Waals surface area contributed by atoms with Gasteiger partial charge in [-0.2, -0.15) is 0 Å². The third kappa shape index (κ3) is 3.75. The van der Waals surface area contributed by atoms with Crippen LogP contribution in [0.5, 0.6) is 11.5 Å². The van der Waals surface area contributed by atoms with E-state index in [1.54, 1.807) is 20.3 Å². The monoisotopic (exact) mass is 348 g/mol. The maximum atomic E-state index is 14.6. The van der Waals surface area contributed by atoms with Crippen molar-refractivity contribution in [2.75, 3.05) is 40.4 Å². The summed E-state index contributed by atoms with van der Waals surface area (Å²) in [4.78, 5) is 2.18. The Balaban J connectivity index is 2.10. The molecule has 0 aliphatic carbocycles. The van der Waals surface area contributed by atoms with Gasteiger partial charge in [-0.25, -0.2) is 8.78 Å². The van der Waals surface area contributed by atoms with E-state index in [4.69, 9.17) is 9.47 Å². The summed E-state index contributed by atoms with van der Waals surface area (Å²) in [5.74, 6) is 0.147. The van der Waals surface area contributed by atoms with Crippen LogP contribution in [0.15, 0.2) is 36.4 Å². The number of piperazine rings is 1. The molecule has 25 heavy (non-hydrogen) atoms. The predicted octanol–water partition coefficient (Wildman–Crippen LogP) is 2.98. The molecular weight excluding hydrogens is 326 g/mol. The molecule has 6 heteroatoms. The van der Waals surface area contributed by atoms with Crippen molar-refractivity contribution in [2.24, 2.45) is 0 Å². The van der Waals surface area contributed by atoms with Gasteiger partial charge in [0.2, 0.25) is 0 Å². The van der Waals surface area contributed by atoms with E-state index in [9.17, 15) is 8.78 Å². The summed E-state index contributed by atoms with van der Waals surface area (Å²) in [5.41, 5.74) is 1.27. The molecule has 1 saturated heterocycles. The van der Waals surface area contributed by atoms with E-state index in [2.05, 4.69) is 10.2 Å². The Labute approximate surface area is 146 Å². The van der Waals surface area contributed by atoms with E-state index in [0.717, 1.165) is 37.8 Å². The summed E-state index contributed by atoms with van der Waals surface area (Å²) in [5, 5.41) is 3.30. The molecule has 1 heterocycles. The number of hydrogen-bond donors (Lipinski definition) is 1. The fourth-order valence-corrected chi connectivity index (χ4v) is 3.27. The van der Waals surface area contributed by atoms with Gasteiger partial charge < -0.3 is 14.8 Å². The minimum Gasteiger partial charge on any atom is -0.497 e. The second-order valence-corrected chi connectivity index (χ2v) is 5.96. The summed E-state index contributed by atoms with van der Waals surface area (Å²) < 4.78 is 38.8. The van der Waals surface area contributed by atoms with Crippen LogP contribution in [-0.4, -0.2) is 45.3 Å². The number of methoxy groups -OCH3 is 2. The minimum atomic E-state index is -0.581. The van der Waals surface area contributed by atoms with Crippen molar-refractivity contribution in [2.45, 2.75) is 6.04 Å². The molecule has 0 amide bonds. The van der Waals surface area contributed by atoms with Crippen molar-refractivity contribution in [3.63, 3.8) is 0 Å². The molecule has 1 fully saturated rings. The van der Waals surface area contributed by atoms with Gasteiger partial charge in [0, 0.05) is 49.4 Å². The first-order valence-electron chi connectivity index (χ1n) is 8.25. The third-order valence-electron chi connectivity index (χ3n) is 4.51. The van der Waals surface area contributed by atoms with Crippen LogP contribution in [0.1, 0.15) is 17.2 Å². The first kappa shape index (κ1) is 17.6. The van der Waals surface area contributed by atoms with Gasteiger partial charge in [0.1, 0.15) is 23.1 Å². The number of halogens is 2. The number of nitrogens with one attached hydrogen (secondary N) is 1. The molecule has 1 aliphatic rings. The Morgan fingerprint density at radius 1 is 0.960 bits per heavy atom. The van der Waals surface area contributed by atoms with Gasteiger partial charge in [-0.3, -0.25) is 4.90 Å². The topological polar surface area (TPSA) is 33.7 Å². The lowest BCUT2D eigenvalue weighted by atomic mass is 9.95. The first-order chi connectivity index (χ1) is 12.1. The smallest absolute Gasteiger partial charge is 0.131 e. The average Bonchev–Trinajstić information content (AvgIpc) is 2.64. The minimum absolute atomic E-state index is 0.358. The van der Waals surface area contributed by atoms with E-state index in [1.165, 1.54) is 12.1 Å². The van der Waals surface area contributed by atoms with Crippen molar-refractivity contribution >= 4 is 0 Å². The van der Waals surface area contributed by atoms with Gasteiger partial charge in [-0.05, 0) is 18.2 Å². The van der Waals surface area contributed by atoms with E-state index in [1.807, 2.05) is 12.1 Å². The average molecular weight is 348 g/mol. The zero-order valence-corrected chi connectivity index (χ0v) is 14.4. The molecule has 0 bridgehead atoms. The Bertz CT molecular complexity index is 733. The van der Waals surface area contributed by atoms with Gasteiger partial charge >= 0.3 is 0 Å². The molecule has 1 N–H and O–H groups in total. The molecule has 2 aromatic carbocycles. The van der Waals surface area contributed by atoms with E-state index in [-0.39, 0.29) is 6.04 Å². The number of benzene rings is 2. The first-order valence-corrected chi connectivity index (χ1v) is 8.25. The summed E-state index contributed by atoms with van der Waals surface area (Å²) in [7, 11) is 3.16. The lowest BCUT2D eigenvalue weighted by molar-refractivity contribution is 0.192. The number of ether oxygens (including phenoxy) is 2. The van der Waals surface area contributed by atoms with Gasteiger partial charge in [0.25, 0.3) is 0 Å². The molecule has 0 aromatic heterocycles. The van der Waals surface area contributed by atoms with Gasteiger partial charge in [-0.15, -0.1) is 0 Å². The second kappa shape index (κ2) is 7.80. The van der Waals surface area contributed by atoms with Crippen LogP contribution in [-0.2, 0) is 0 Å². The molecule has 134 valence electrons. The number of rotatable bonds is 5. The maximum absolute atomic E-state index is 14.6. The van der Waals surface area contributed by atoms with E-state index >= 15 is 0 Å². The summed E-state index contributed by atoms with van der Waals surface area (Å²) in [6.07, 6.45) is 0. The molecule has 1 unspecified atom stereocenters. The van der Waals surface area contributed by atoms with Crippen LogP contribution in [0.2, 0.25) is 0 Å². The molecule has 3 rings (SSSR count). The largest absolute Gasteiger partial charge is 0.497 e. The molecular formula is C19H22F2N2O2. The molecule has 2 aromatic rings. The van der Waals surface area contributed by atoms with Crippen molar-refractivity contribution in [3.8, 4) is 11.5 Å². The Morgan fingerprint density at radius 3 is 2.32 bits per heavy atom. The second-order valence-electron chi connectivity index (χ2n) is 5.96. The van der Waals surface area contributed by atoms with Crippen molar-refractivity contribution < 1.29 is 18.3 Å². The van der Waals surface area contributed by atoms with Crippen molar-refractivity contribution in [1.82, 2.24) is 10.2 Å². The Hall–Kier alpha value is -2.18. The summed E-state index contributed by atoms with van der Waals surface area (Å²) in [6, 6.07) is 8.88. The van der Waals surface area contributed by atoms with Gasteiger partial charge in [0.15, 0.2) is 0 Å². The lowest BCUT2D eigenvalue weighted by Crippen LogP contribution is -2.45. The van der Waals surface area contributed by atoms with Crippen LogP contribution in [0, 0.1) is 11.6 Å². The van der Waals surface area contributed by atoms with Crippen LogP contribution >= 0.6 is 0 Å². The normalized spacial score (nSPS) is 16.5. The van der Waals surface area contributed by atoms with Crippen molar-refractivity contribution in [3.05, 3.63) is 59.2 Å². The van der Waals surface area contributed by atoms with Crippen LogP contribution in [0.4, 0.5) is 8.78 Å². The standard InChI is InChI=1S/C19H22F2N2O2/c1-24-14-4-6-16(18(12-14)25-2)19(23-9-7-22-8-10-23)15-5-3-13(20)11-17(15)21/h3-6,11-12,19,22H,7-10H2,1-2H3. The fourth-order valence-electron chi connectivity index (χ4n) is 3.27. The highest BCUT2D eigenvalue weighted by molar-refractivity contribution is 5.46. The van der Waals surface area contributed by atoms with Gasteiger partial charge in [0.05, 0.1) is 20.3 Å². The number of nitrogens with zero attached hydrogens (tertiary/aromatic N) is 1. The van der Waals surface area contributed by atoms with E-state index < -0.39 is 11.6 Å². The molecule has 1 aliphatic heterocycles. The quantitative estimate of drug-likeness (QED) is 0.901. The Morgan fingerprint density at radius 2 is 1.68 bits per heavy atom. The molecule has 1 atom stereocenters. The molecule has 4 nitrogen and oxygen atoms in total. The summed E-state index contributed by atoms with van der Waals surface area (Å²) in [6.45, 7) is 3.16. The highest BCUT2D eigenvalue weighted by atomic mass is 19.1. The Kier molecular flexibility index (Phi) is 5.50. The highest BCUT2D eigenvalue weighted by Gasteiger charge is 2.29.